The van der Waals surface area contributed by atoms with Gasteiger partial charge in [-0.25, -0.2) is 4.98 Å². The highest BCUT2D eigenvalue weighted by molar-refractivity contribution is 5.51. The average Bonchev–Trinajstić information content (AvgIpc) is 2.38. The van der Waals surface area contributed by atoms with Gasteiger partial charge >= 0.3 is 0 Å². The first-order chi connectivity index (χ1) is 8.73. The minimum absolute atomic E-state index is 0.115. The summed E-state index contributed by atoms with van der Waals surface area (Å²) in [6.07, 6.45) is 5.04. The van der Waals surface area contributed by atoms with Crippen molar-refractivity contribution in [3.05, 3.63) is 18.3 Å². The van der Waals surface area contributed by atoms with E-state index in [2.05, 4.69) is 29.5 Å². The molecule has 18 heavy (non-hydrogen) atoms. The Morgan fingerprint density at radius 2 is 2.22 bits per heavy atom. The molecule has 4 heteroatoms. The summed E-state index contributed by atoms with van der Waals surface area (Å²) in [6, 6.07) is 3.90. The minimum Gasteiger partial charge on any atom is -0.490 e. The Morgan fingerprint density at radius 3 is 2.94 bits per heavy atom. The molecule has 0 unspecified atom stereocenters. The van der Waals surface area contributed by atoms with Crippen molar-refractivity contribution in [1.29, 1.82) is 0 Å². The van der Waals surface area contributed by atoms with E-state index in [1.807, 2.05) is 18.3 Å². The Hall–Kier alpha value is -1.29. The number of pyridine rings is 1. The fraction of sp³-hybridized carbons (Fsp3) is 0.643. The number of anilines is 1. The topological polar surface area (TPSA) is 46.2 Å². The van der Waals surface area contributed by atoms with Crippen molar-refractivity contribution in [3.63, 3.8) is 0 Å². The highest BCUT2D eigenvalue weighted by Crippen LogP contribution is 2.28. The molecule has 0 bridgehead atoms. The Bertz CT molecular complexity index is 375. The average molecular weight is 249 g/mol. The summed E-state index contributed by atoms with van der Waals surface area (Å²) in [5, 5.41) is 6.94. The zero-order valence-electron chi connectivity index (χ0n) is 11.3. The van der Waals surface area contributed by atoms with Crippen molar-refractivity contribution in [2.75, 3.05) is 25.0 Å². The van der Waals surface area contributed by atoms with Gasteiger partial charge < -0.3 is 15.4 Å². The van der Waals surface area contributed by atoms with Crippen molar-refractivity contribution in [2.24, 2.45) is 0 Å². The molecule has 1 aromatic rings. The van der Waals surface area contributed by atoms with Gasteiger partial charge in [0.2, 0.25) is 0 Å². The summed E-state index contributed by atoms with van der Waals surface area (Å²) in [5.41, 5.74) is 0.115. The van der Waals surface area contributed by atoms with Crippen LogP contribution in [0.2, 0.25) is 0 Å². The van der Waals surface area contributed by atoms with Crippen LogP contribution in [0.3, 0.4) is 0 Å². The molecule has 0 saturated carbocycles. The van der Waals surface area contributed by atoms with Crippen LogP contribution >= 0.6 is 0 Å². The van der Waals surface area contributed by atoms with Crippen LogP contribution in [0.25, 0.3) is 0 Å². The van der Waals surface area contributed by atoms with Gasteiger partial charge in [-0.05, 0) is 51.4 Å². The van der Waals surface area contributed by atoms with Crippen molar-refractivity contribution < 1.29 is 4.74 Å². The maximum absolute atomic E-state index is 5.73. The van der Waals surface area contributed by atoms with E-state index in [0.29, 0.717) is 0 Å². The quantitative estimate of drug-likeness (QED) is 0.841. The molecule has 0 aliphatic carbocycles. The third-order valence-corrected chi connectivity index (χ3v) is 3.36. The van der Waals surface area contributed by atoms with E-state index in [-0.39, 0.29) is 5.54 Å². The van der Waals surface area contributed by atoms with Crippen LogP contribution in [0.4, 0.5) is 5.82 Å². The van der Waals surface area contributed by atoms with Crippen LogP contribution in [0.15, 0.2) is 18.3 Å². The highest BCUT2D eigenvalue weighted by Gasteiger charge is 2.27. The van der Waals surface area contributed by atoms with E-state index in [1.165, 1.54) is 0 Å². The molecular formula is C14H23N3O. The molecule has 100 valence electrons. The minimum atomic E-state index is 0.115. The van der Waals surface area contributed by atoms with Crippen molar-refractivity contribution >= 4 is 5.82 Å². The van der Waals surface area contributed by atoms with E-state index < -0.39 is 0 Å². The first kappa shape index (κ1) is 13.1. The van der Waals surface area contributed by atoms with Crippen LogP contribution in [-0.2, 0) is 0 Å². The predicted octanol–water partition coefficient (Wildman–Crippen LogP) is 2.42. The lowest BCUT2D eigenvalue weighted by atomic mass is 9.90. The van der Waals surface area contributed by atoms with Gasteiger partial charge in [0.1, 0.15) is 0 Å². The second-order valence-corrected chi connectivity index (χ2v) is 5.13. The largest absolute Gasteiger partial charge is 0.490 e. The zero-order valence-corrected chi connectivity index (χ0v) is 11.3. The number of ether oxygens (including phenoxy) is 1. The summed E-state index contributed by atoms with van der Waals surface area (Å²) in [4.78, 5) is 4.41. The second-order valence-electron chi connectivity index (χ2n) is 5.13. The maximum atomic E-state index is 5.73. The van der Waals surface area contributed by atoms with Crippen molar-refractivity contribution in [3.8, 4) is 5.75 Å². The molecule has 2 rings (SSSR count). The molecule has 0 radical (unpaired) electrons. The summed E-state index contributed by atoms with van der Waals surface area (Å²) in [7, 11) is 0. The fourth-order valence-electron chi connectivity index (χ4n) is 2.20. The number of rotatable bonds is 5. The standard InChI is InChI=1S/C14H23N3O/c1-3-11-18-12-5-4-8-16-13(12)17-14(2)6-9-15-10-7-14/h4-5,8,15H,3,6-7,9-11H2,1-2H3,(H,16,17). The summed E-state index contributed by atoms with van der Waals surface area (Å²) in [6.45, 7) is 7.21. The molecule has 0 spiro atoms. The lowest BCUT2D eigenvalue weighted by molar-refractivity contribution is 0.314. The zero-order chi connectivity index (χ0) is 12.8. The number of nitrogens with zero attached hydrogens (tertiary/aromatic N) is 1. The SMILES string of the molecule is CCCOc1cccnc1NC1(C)CCNCC1. The summed E-state index contributed by atoms with van der Waals surface area (Å²) >= 11 is 0. The number of aromatic nitrogens is 1. The highest BCUT2D eigenvalue weighted by atomic mass is 16.5. The Balaban J connectivity index is 2.07. The molecule has 2 N–H and O–H groups in total. The molecule has 0 aromatic carbocycles. The molecule has 0 amide bonds. The first-order valence-corrected chi connectivity index (χ1v) is 6.80. The number of nitrogens with one attached hydrogen (secondary N) is 2. The lowest BCUT2D eigenvalue weighted by Gasteiger charge is -2.35. The Kier molecular flexibility index (Phi) is 4.42. The van der Waals surface area contributed by atoms with Gasteiger partial charge in [-0.1, -0.05) is 6.92 Å². The molecule has 4 nitrogen and oxygen atoms in total. The van der Waals surface area contributed by atoms with Crippen LogP contribution in [0, 0.1) is 0 Å². The number of hydrogen-bond acceptors (Lipinski definition) is 4. The summed E-state index contributed by atoms with van der Waals surface area (Å²) in [5.74, 6) is 1.73. The van der Waals surface area contributed by atoms with Gasteiger partial charge in [0.25, 0.3) is 0 Å². The third kappa shape index (κ3) is 3.35. The van der Waals surface area contributed by atoms with Crippen LogP contribution in [0.5, 0.6) is 5.75 Å². The third-order valence-electron chi connectivity index (χ3n) is 3.36. The molecule has 1 saturated heterocycles. The van der Waals surface area contributed by atoms with Crippen LogP contribution in [-0.4, -0.2) is 30.2 Å². The maximum Gasteiger partial charge on any atom is 0.169 e. The smallest absolute Gasteiger partial charge is 0.169 e. The number of hydrogen-bond donors (Lipinski definition) is 2. The van der Waals surface area contributed by atoms with E-state index in [4.69, 9.17) is 4.74 Å². The molecular weight excluding hydrogens is 226 g/mol. The van der Waals surface area contributed by atoms with Gasteiger partial charge in [0.05, 0.1) is 6.61 Å². The van der Waals surface area contributed by atoms with Gasteiger partial charge in [-0.3, -0.25) is 0 Å². The van der Waals surface area contributed by atoms with Gasteiger partial charge in [0.15, 0.2) is 11.6 Å². The predicted molar refractivity (Wildman–Crippen MR) is 74.2 cm³/mol. The fourth-order valence-corrected chi connectivity index (χ4v) is 2.20. The normalized spacial score (nSPS) is 18.3. The Morgan fingerprint density at radius 1 is 1.44 bits per heavy atom. The molecule has 2 heterocycles. The van der Waals surface area contributed by atoms with Gasteiger partial charge in [-0.15, -0.1) is 0 Å². The molecule has 1 aliphatic heterocycles. The van der Waals surface area contributed by atoms with Gasteiger partial charge in [0, 0.05) is 11.7 Å². The monoisotopic (exact) mass is 249 g/mol. The van der Waals surface area contributed by atoms with Crippen LogP contribution in [0.1, 0.15) is 33.1 Å². The molecule has 1 aliphatic rings. The lowest BCUT2D eigenvalue weighted by Crippen LogP contribution is -2.45. The first-order valence-electron chi connectivity index (χ1n) is 6.80. The van der Waals surface area contributed by atoms with Gasteiger partial charge in [-0.2, -0.15) is 0 Å². The second kappa shape index (κ2) is 6.05. The molecule has 1 fully saturated rings. The van der Waals surface area contributed by atoms with Crippen LogP contribution < -0.4 is 15.4 Å². The molecule has 0 atom stereocenters. The number of piperidine rings is 1. The van der Waals surface area contributed by atoms with E-state index >= 15 is 0 Å². The van der Waals surface area contributed by atoms with E-state index in [0.717, 1.165) is 50.5 Å². The molecule has 1 aromatic heterocycles. The van der Waals surface area contributed by atoms with E-state index in [9.17, 15) is 0 Å². The van der Waals surface area contributed by atoms with E-state index in [1.54, 1.807) is 0 Å². The van der Waals surface area contributed by atoms with Crippen molar-refractivity contribution in [1.82, 2.24) is 10.3 Å². The summed E-state index contributed by atoms with van der Waals surface area (Å²) < 4.78 is 5.73. The Labute approximate surface area is 109 Å². The van der Waals surface area contributed by atoms with Crippen molar-refractivity contribution in [2.45, 2.75) is 38.6 Å².